The molecule has 0 unspecified atom stereocenters. The molecule has 8 nitrogen and oxygen atoms in total. The monoisotopic (exact) mass is 462 g/mol. The highest BCUT2D eigenvalue weighted by molar-refractivity contribution is 5.91. The second-order valence-electron chi connectivity index (χ2n) is 7.51. The summed E-state index contributed by atoms with van der Waals surface area (Å²) in [5, 5.41) is 10.5. The molecular weight excluding hydrogens is 440 g/mol. The minimum absolute atomic E-state index is 0.228. The molecule has 0 bridgehead atoms. The van der Waals surface area contributed by atoms with Crippen molar-refractivity contribution in [2.45, 2.75) is 24.6 Å². The molecule has 1 saturated heterocycles. The fraction of sp³-hybridized carbons (Fsp3) is 0.192. The number of rotatable bonds is 6. The van der Waals surface area contributed by atoms with Crippen molar-refractivity contribution in [2.24, 2.45) is 0 Å². The van der Waals surface area contributed by atoms with Gasteiger partial charge in [-0.05, 0) is 36.4 Å². The van der Waals surface area contributed by atoms with Gasteiger partial charge in [-0.2, -0.15) is 0 Å². The van der Waals surface area contributed by atoms with Gasteiger partial charge in [0.1, 0.15) is 0 Å². The van der Waals surface area contributed by atoms with Crippen LogP contribution in [-0.2, 0) is 18.9 Å². The number of hydrogen-bond donors (Lipinski definition) is 1. The first-order chi connectivity index (χ1) is 16.5. The van der Waals surface area contributed by atoms with Crippen molar-refractivity contribution in [3.05, 3.63) is 108 Å². The zero-order valence-electron chi connectivity index (χ0n) is 18.0. The summed E-state index contributed by atoms with van der Waals surface area (Å²) in [6.07, 6.45) is -5.51. The molecule has 174 valence electrons. The van der Waals surface area contributed by atoms with Gasteiger partial charge in [0.25, 0.3) is 0 Å². The topological polar surface area (TPSA) is 108 Å². The summed E-state index contributed by atoms with van der Waals surface area (Å²) in [6.45, 7) is -0.272. The number of hydrogen-bond acceptors (Lipinski definition) is 8. The van der Waals surface area contributed by atoms with Crippen LogP contribution in [0.15, 0.2) is 91.0 Å². The summed E-state index contributed by atoms with van der Waals surface area (Å²) < 4.78 is 21.9. The normalized spacial score (nSPS) is 21.8. The molecule has 0 amide bonds. The van der Waals surface area contributed by atoms with Crippen molar-refractivity contribution in [1.29, 1.82) is 0 Å². The van der Waals surface area contributed by atoms with Gasteiger partial charge in [-0.3, -0.25) is 0 Å². The van der Waals surface area contributed by atoms with Gasteiger partial charge in [0.15, 0.2) is 24.6 Å². The van der Waals surface area contributed by atoms with Gasteiger partial charge < -0.3 is 24.1 Å². The van der Waals surface area contributed by atoms with E-state index in [0.29, 0.717) is 0 Å². The van der Waals surface area contributed by atoms with Crippen LogP contribution < -0.4 is 0 Å². The Morgan fingerprint density at radius 3 is 1.44 bits per heavy atom. The Balaban J connectivity index is 1.59. The SMILES string of the molecule is O=C(O[C@@H]1[C@H](OC(=O)c2ccccc2)[C@@H](O)OC[C@@H]1OC(=O)c1ccccc1)c1ccccc1. The highest BCUT2D eigenvalue weighted by Gasteiger charge is 2.47. The number of carbonyl (C=O) groups excluding carboxylic acids is 3. The Kier molecular flexibility index (Phi) is 7.31. The van der Waals surface area contributed by atoms with Crippen LogP contribution >= 0.6 is 0 Å². The lowest BCUT2D eigenvalue weighted by Crippen LogP contribution is -2.57. The molecule has 1 aliphatic rings. The van der Waals surface area contributed by atoms with Crippen molar-refractivity contribution in [3.8, 4) is 0 Å². The third kappa shape index (κ3) is 5.48. The second-order valence-corrected chi connectivity index (χ2v) is 7.51. The first-order valence-electron chi connectivity index (χ1n) is 10.6. The van der Waals surface area contributed by atoms with Crippen LogP contribution in [-0.4, -0.2) is 54.2 Å². The predicted octanol–water partition coefficient (Wildman–Crippen LogP) is 3.01. The van der Waals surface area contributed by atoms with E-state index in [0.717, 1.165) is 0 Å². The second kappa shape index (κ2) is 10.7. The highest BCUT2D eigenvalue weighted by Crippen LogP contribution is 2.25. The minimum Gasteiger partial charge on any atom is -0.452 e. The summed E-state index contributed by atoms with van der Waals surface area (Å²) in [6, 6.07) is 24.5. The smallest absolute Gasteiger partial charge is 0.338 e. The van der Waals surface area contributed by atoms with Gasteiger partial charge in [0.2, 0.25) is 0 Å². The molecule has 0 spiro atoms. The molecule has 0 radical (unpaired) electrons. The molecule has 1 heterocycles. The third-order valence-electron chi connectivity index (χ3n) is 5.18. The van der Waals surface area contributed by atoms with E-state index in [1.165, 1.54) is 12.1 Å². The molecule has 0 saturated carbocycles. The maximum atomic E-state index is 12.8. The Labute approximate surface area is 195 Å². The Hall–Kier alpha value is -4.01. The minimum atomic E-state index is -1.60. The van der Waals surface area contributed by atoms with Crippen molar-refractivity contribution in [2.75, 3.05) is 6.61 Å². The summed E-state index contributed by atoms with van der Waals surface area (Å²) >= 11 is 0. The van der Waals surface area contributed by atoms with E-state index in [-0.39, 0.29) is 23.3 Å². The van der Waals surface area contributed by atoms with Crippen LogP contribution in [0.1, 0.15) is 31.1 Å². The van der Waals surface area contributed by atoms with E-state index in [1.807, 2.05) is 0 Å². The zero-order chi connectivity index (χ0) is 23.9. The summed E-state index contributed by atoms with van der Waals surface area (Å²) in [5.74, 6) is -2.18. The molecule has 3 aromatic rings. The molecular formula is C26H22O8. The Bertz CT molecular complexity index is 1120. The van der Waals surface area contributed by atoms with Gasteiger partial charge in [-0.15, -0.1) is 0 Å². The summed E-state index contributed by atoms with van der Waals surface area (Å²) in [7, 11) is 0. The lowest BCUT2D eigenvalue weighted by molar-refractivity contribution is -0.251. The van der Waals surface area contributed by atoms with E-state index in [9.17, 15) is 19.5 Å². The first-order valence-corrected chi connectivity index (χ1v) is 10.6. The zero-order valence-corrected chi connectivity index (χ0v) is 18.0. The fourth-order valence-corrected chi connectivity index (χ4v) is 3.44. The van der Waals surface area contributed by atoms with Gasteiger partial charge in [-0.25, -0.2) is 14.4 Å². The number of aliphatic hydroxyl groups excluding tert-OH is 1. The lowest BCUT2D eigenvalue weighted by atomic mass is 10.0. The van der Waals surface area contributed by atoms with Gasteiger partial charge >= 0.3 is 17.9 Å². The van der Waals surface area contributed by atoms with Gasteiger partial charge in [0.05, 0.1) is 23.3 Å². The fourth-order valence-electron chi connectivity index (χ4n) is 3.44. The molecule has 4 atom stereocenters. The van der Waals surface area contributed by atoms with E-state index in [1.54, 1.807) is 78.9 Å². The lowest BCUT2D eigenvalue weighted by Gasteiger charge is -2.38. The summed E-state index contributed by atoms with van der Waals surface area (Å²) in [5.41, 5.74) is 0.746. The molecule has 34 heavy (non-hydrogen) atoms. The van der Waals surface area contributed by atoms with Crippen molar-refractivity contribution in [3.63, 3.8) is 0 Å². The van der Waals surface area contributed by atoms with E-state index in [2.05, 4.69) is 0 Å². The maximum Gasteiger partial charge on any atom is 0.338 e. The molecule has 0 aliphatic carbocycles. The average molecular weight is 462 g/mol. The number of esters is 3. The van der Waals surface area contributed by atoms with Crippen molar-refractivity contribution in [1.82, 2.24) is 0 Å². The van der Waals surface area contributed by atoms with E-state index >= 15 is 0 Å². The molecule has 0 aromatic heterocycles. The van der Waals surface area contributed by atoms with Crippen LogP contribution in [0.2, 0.25) is 0 Å². The Morgan fingerprint density at radius 2 is 1.00 bits per heavy atom. The predicted molar refractivity (Wildman–Crippen MR) is 119 cm³/mol. The molecule has 1 N–H and O–H groups in total. The quantitative estimate of drug-likeness (QED) is 0.440. The van der Waals surface area contributed by atoms with Crippen LogP contribution in [0.3, 0.4) is 0 Å². The molecule has 8 heteroatoms. The number of ether oxygens (including phenoxy) is 4. The van der Waals surface area contributed by atoms with Crippen LogP contribution in [0.4, 0.5) is 0 Å². The number of carbonyl (C=O) groups is 3. The van der Waals surface area contributed by atoms with Crippen molar-refractivity contribution < 1.29 is 38.4 Å². The molecule has 1 fully saturated rings. The van der Waals surface area contributed by atoms with E-state index in [4.69, 9.17) is 18.9 Å². The van der Waals surface area contributed by atoms with Gasteiger partial charge in [-0.1, -0.05) is 54.6 Å². The average Bonchev–Trinajstić information content (AvgIpc) is 2.89. The van der Waals surface area contributed by atoms with Gasteiger partial charge in [0, 0.05) is 0 Å². The van der Waals surface area contributed by atoms with Crippen LogP contribution in [0, 0.1) is 0 Å². The van der Waals surface area contributed by atoms with Crippen molar-refractivity contribution >= 4 is 17.9 Å². The number of aliphatic hydroxyl groups is 1. The third-order valence-corrected chi connectivity index (χ3v) is 5.18. The largest absolute Gasteiger partial charge is 0.452 e. The summed E-state index contributed by atoms with van der Waals surface area (Å²) in [4.78, 5) is 38.1. The van der Waals surface area contributed by atoms with Crippen LogP contribution in [0.5, 0.6) is 0 Å². The molecule has 1 aliphatic heterocycles. The maximum absolute atomic E-state index is 12.8. The molecule has 3 aromatic carbocycles. The molecule has 4 rings (SSSR count). The Morgan fingerprint density at radius 1 is 0.618 bits per heavy atom. The highest BCUT2D eigenvalue weighted by atomic mass is 16.7. The number of benzene rings is 3. The van der Waals surface area contributed by atoms with E-state index < -0.39 is 42.5 Å². The first kappa shape index (κ1) is 23.2. The standard InChI is InChI=1S/C26H22O8/c27-23(17-10-4-1-5-11-17)32-20-16-31-26(30)22(34-25(29)19-14-8-3-9-15-19)21(20)33-24(28)18-12-6-2-7-13-18/h1-15,20-22,26,30H,16H2/t20-,21-,22-,26-/m0/s1. The van der Waals surface area contributed by atoms with Crippen LogP contribution in [0.25, 0.3) is 0 Å².